The number of carbonyl (C=O) groups excluding carboxylic acids is 2. The number of esters is 1. The van der Waals surface area contributed by atoms with Crippen LogP contribution in [0.3, 0.4) is 0 Å². The fourth-order valence-corrected chi connectivity index (χ4v) is 2.97. The van der Waals surface area contributed by atoms with Gasteiger partial charge in [-0.05, 0) is 69.5 Å². The van der Waals surface area contributed by atoms with Gasteiger partial charge in [0.15, 0.2) is 6.61 Å². The summed E-state index contributed by atoms with van der Waals surface area (Å²) < 4.78 is 5.17. The molecule has 6 nitrogen and oxygen atoms in total. The van der Waals surface area contributed by atoms with E-state index in [-0.39, 0.29) is 18.6 Å². The molecule has 0 saturated carbocycles. The van der Waals surface area contributed by atoms with E-state index in [2.05, 4.69) is 15.3 Å². The van der Waals surface area contributed by atoms with Crippen molar-refractivity contribution in [1.29, 1.82) is 0 Å². The third-order valence-electron chi connectivity index (χ3n) is 5.05. The number of benzene rings is 2. The number of aryl methyl sites for hydroxylation is 4. The molecule has 29 heavy (non-hydrogen) atoms. The summed E-state index contributed by atoms with van der Waals surface area (Å²) in [5.74, 6) is -0.919. The zero-order valence-electron chi connectivity index (χ0n) is 17.4. The van der Waals surface area contributed by atoms with Crippen molar-refractivity contribution in [1.82, 2.24) is 15.3 Å². The first-order valence-corrected chi connectivity index (χ1v) is 9.53. The van der Waals surface area contributed by atoms with Crippen LogP contribution in [0.4, 0.5) is 0 Å². The van der Waals surface area contributed by atoms with Gasteiger partial charge in [-0.25, -0.2) is 14.8 Å². The van der Waals surface area contributed by atoms with E-state index in [1.165, 1.54) is 11.1 Å². The molecule has 1 N–H and O–H groups in total. The minimum absolute atomic E-state index is 0.178. The Hall–Kier alpha value is -3.28. The van der Waals surface area contributed by atoms with Crippen LogP contribution in [-0.2, 0) is 9.53 Å². The van der Waals surface area contributed by atoms with Crippen molar-refractivity contribution in [3.05, 3.63) is 70.0 Å². The number of ether oxygens (including phenoxy) is 1. The highest BCUT2D eigenvalue weighted by atomic mass is 16.5. The third kappa shape index (κ3) is 4.77. The van der Waals surface area contributed by atoms with E-state index in [4.69, 9.17) is 4.74 Å². The Morgan fingerprint density at radius 3 is 2.31 bits per heavy atom. The number of amides is 1. The number of rotatable bonds is 5. The Morgan fingerprint density at radius 2 is 1.62 bits per heavy atom. The molecule has 0 aliphatic heterocycles. The van der Waals surface area contributed by atoms with Crippen molar-refractivity contribution in [2.24, 2.45) is 0 Å². The monoisotopic (exact) mass is 391 g/mol. The van der Waals surface area contributed by atoms with Gasteiger partial charge in [0.05, 0.1) is 34.0 Å². The molecule has 1 amide bonds. The molecule has 1 atom stereocenters. The number of fused-ring (bicyclic) bond motifs is 1. The lowest BCUT2D eigenvalue weighted by Crippen LogP contribution is -2.31. The molecule has 0 spiro atoms. The van der Waals surface area contributed by atoms with Crippen LogP contribution >= 0.6 is 0 Å². The minimum atomic E-state index is -0.569. The summed E-state index contributed by atoms with van der Waals surface area (Å²) in [4.78, 5) is 33.4. The summed E-state index contributed by atoms with van der Waals surface area (Å²) in [5, 5.41) is 2.85. The van der Waals surface area contributed by atoms with Gasteiger partial charge in [0.25, 0.3) is 5.91 Å². The lowest BCUT2D eigenvalue weighted by molar-refractivity contribution is -0.124. The molecule has 3 aromatic rings. The number of nitrogens with zero attached hydrogens (tertiary/aromatic N) is 2. The molecule has 0 bridgehead atoms. The average molecular weight is 391 g/mol. The largest absolute Gasteiger partial charge is 0.452 e. The molecule has 6 heteroatoms. The van der Waals surface area contributed by atoms with Crippen molar-refractivity contribution in [2.75, 3.05) is 6.61 Å². The molecule has 2 aromatic carbocycles. The van der Waals surface area contributed by atoms with Gasteiger partial charge in [-0.15, -0.1) is 0 Å². The van der Waals surface area contributed by atoms with Gasteiger partial charge in [0.2, 0.25) is 0 Å². The summed E-state index contributed by atoms with van der Waals surface area (Å²) in [6.45, 7) is 9.39. The molecule has 150 valence electrons. The van der Waals surface area contributed by atoms with Crippen molar-refractivity contribution in [3.63, 3.8) is 0 Å². The number of hydrogen-bond acceptors (Lipinski definition) is 5. The summed E-state index contributed by atoms with van der Waals surface area (Å²) in [5.41, 5.74) is 6.70. The number of hydrogen-bond donors (Lipinski definition) is 1. The highest BCUT2D eigenvalue weighted by Crippen LogP contribution is 2.17. The number of carbonyl (C=O) groups is 2. The second-order valence-electron chi connectivity index (χ2n) is 7.31. The van der Waals surface area contributed by atoms with Gasteiger partial charge in [0, 0.05) is 0 Å². The molecular formula is C23H25N3O3. The molecular weight excluding hydrogens is 366 g/mol. The Balaban J connectivity index is 1.61. The van der Waals surface area contributed by atoms with Crippen molar-refractivity contribution in [2.45, 2.75) is 40.7 Å². The van der Waals surface area contributed by atoms with Crippen LogP contribution in [0.5, 0.6) is 0 Å². The lowest BCUT2D eigenvalue weighted by atomic mass is 10.0. The predicted octanol–water partition coefficient (Wildman–Crippen LogP) is 3.90. The topological polar surface area (TPSA) is 81.2 Å². The van der Waals surface area contributed by atoms with Crippen LogP contribution in [0.25, 0.3) is 11.0 Å². The lowest BCUT2D eigenvalue weighted by Gasteiger charge is -2.16. The van der Waals surface area contributed by atoms with E-state index in [0.29, 0.717) is 16.6 Å². The Morgan fingerprint density at radius 1 is 0.931 bits per heavy atom. The van der Waals surface area contributed by atoms with Crippen LogP contribution < -0.4 is 5.32 Å². The second-order valence-corrected chi connectivity index (χ2v) is 7.31. The number of aromatic nitrogens is 2. The van der Waals surface area contributed by atoms with Crippen LogP contribution in [-0.4, -0.2) is 28.5 Å². The average Bonchev–Trinajstić information content (AvgIpc) is 2.68. The van der Waals surface area contributed by atoms with Gasteiger partial charge in [0.1, 0.15) is 0 Å². The second kappa shape index (κ2) is 8.39. The first-order valence-electron chi connectivity index (χ1n) is 9.53. The summed E-state index contributed by atoms with van der Waals surface area (Å²) in [7, 11) is 0. The molecule has 3 rings (SSSR count). The van der Waals surface area contributed by atoms with Crippen molar-refractivity contribution < 1.29 is 14.3 Å². The SMILES string of the molecule is Cc1ccc([C@@H](C)NC(=O)COC(=O)c2ccc3nc(C)c(C)nc3c2)cc1C. The van der Waals surface area contributed by atoms with Crippen molar-refractivity contribution in [3.8, 4) is 0 Å². The standard InChI is InChI=1S/C23H25N3O3/c1-13-6-7-18(10-14(13)2)17(5)26-22(27)12-29-23(28)19-8-9-20-21(11-19)25-16(4)15(3)24-20/h6-11,17H,12H2,1-5H3,(H,26,27)/t17-/m1/s1. The molecule has 0 unspecified atom stereocenters. The highest BCUT2D eigenvalue weighted by Gasteiger charge is 2.14. The Bertz CT molecular complexity index is 1090. The van der Waals surface area contributed by atoms with Crippen LogP contribution in [0.15, 0.2) is 36.4 Å². The molecule has 0 saturated heterocycles. The van der Waals surface area contributed by atoms with Gasteiger partial charge in [-0.1, -0.05) is 18.2 Å². The van der Waals surface area contributed by atoms with Crippen LogP contribution in [0.1, 0.15) is 51.4 Å². The van der Waals surface area contributed by atoms with Gasteiger partial charge >= 0.3 is 5.97 Å². The molecule has 1 aromatic heterocycles. The zero-order chi connectivity index (χ0) is 21.1. The molecule has 0 aliphatic carbocycles. The summed E-state index contributed by atoms with van der Waals surface area (Å²) in [6, 6.07) is 10.9. The smallest absolute Gasteiger partial charge is 0.338 e. The third-order valence-corrected chi connectivity index (χ3v) is 5.05. The van der Waals surface area contributed by atoms with Gasteiger partial charge in [-0.3, -0.25) is 4.79 Å². The van der Waals surface area contributed by atoms with Crippen LogP contribution in [0, 0.1) is 27.7 Å². The molecule has 0 aliphatic rings. The van der Waals surface area contributed by atoms with E-state index in [9.17, 15) is 9.59 Å². The minimum Gasteiger partial charge on any atom is -0.452 e. The van der Waals surface area contributed by atoms with Crippen LogP contribution in [0.2, 0.25) is 0 Å². The van der Waals surface area contributed by atoms with Crippen molar-refractivity contribution >= 4 is 22.9 Å². The van der Waals surface area contributed by atoms with E-state index < -0.39 is 5.97 Å². The summed E-state index contributed by atoms with van der Waals surface area (Å²) in [6.07, 6.45) is 0. The quantitative estimate of drug-likeness (QED) is 0.667. The molecule has 0 radical (unpaired) electrons. The predicted molar refractivity (Wildman–Crippen MR) is 112 cm³/mol. The Labute approximate surface area is 170 Å². The maximum Gasteiger partial charge on any atom is 0.338 e. The van der Waals surface area contributed by atoms with E-state index in [1.54, 1.807) is 18.2 Å². The first kappa shape index (κ1) is 20.5. The normalized spacial score (nSPS) is 11.9. The van der Waals surface area contributed by atoms with E-state index in [1.807, 2.05) is 52.8 Å². The fourth-order valence-electron chi connectivity index (χ4n) is 2.97. The highest BCUT2D eigenvalue weighted by molar-refractivity contribution is 5.94. The molecule has 0 fully saturated rings. The maximum absolute atomic E-state index is 12.3. The zero-order valence-corrected chi connectivity index (χ0v) is 17.4. The van der Waals surface area contributed by atoms with Gasteiger partial charge in [-0.2, -0.15) is 0 Å². The maximum atomic E-state index is 12.3. The summed E-state index contributed by atoms with van der Waals surface area (Å²) >= 11 is 0. The van der Waals surface area contributed by atoms with E-state index >= 15 is 0 Å². The number of nitrogens with one attached hydrogen (secondary N) is 1. The Kier molecular flexibility index (Phi) is 5.92. The first-order chi connectivity index (χ1) is 13.7. The molecule has 1 heterocycles. The van der Waals surface area contributed by atoms with Gasteiger partial charge < -0.3 is 10.1 Å². The fraction of sp³-hybridized carbons (Fsp3) is 0.304. The van der Waals surface area contributed by atoms with E-state index in [0.717, 1.165) is 17.0 Å².